The Hall–Kier alpha value is -2.74. The quantitative estimate of drug-likeness (QED) is 0.839. The maximum atomic E-state index is 13.7. The van der Waals surface area contributed by atoms with Crippen molar-refractivity contribution in [1.82, 2.24) is 14.7 Å². The van der Waals surface area contributed by atoms with Crippen LogP contribution in [0.5, 0.6) is 0 Å². The van der Waals surface area contributed by atoms with Gasteiger partial charge in [0.1, 0.15) is 5.82 Å². The second-order valence-electron chi connectivity index (χ2n) is 7.50. The number of aliphatic hydroxyl groups is 1. The molecular formula is C20H22FN3O4. The first-order chi connectivity index (χ1) is 13.4. The standard InChI is InChI=1S/C20H22FN3O4/c21-13-4-3-5-14(12-13)24-16-7-2-1-6-15(16)17(22-24)18(25)23-10-8-20(28,9-11-23)19(26)27/h3-5,12,28H,1-2,6-11H2,(H,26,27). The molecule has 2 N–H and O–H groups in total. The van der Waals surface area contributed by atoms with E-state index in [1.165, 1.54) is 12.1 Å². The number of aromatic nitrogens is 2. The van der Waals surface area contributed by atoms with Gasteiger partial charge in [0.05, 0.1) is 5.69 Å². The lowest BCUT2D eigenvalue weighted by atomic mass is 9.91. The lowest BCUT2D eigenvalue weighted by Crippen LogP contribution is -2.51. The molecule has 0 atom stereocenters. The number of hydrogen-bond donors (Lipinski definition) is 2. The zero-order valence-corrected chi connectivity index (χ0v) is 15.4. The van der Waals surface area contributed by atoms with Crippen LogP contribution < -0.4 is 0 Å². The van der Waals surface area contributed by atoms with Crippen molar-refractivity contribution in [3.63, 3.8) is 0 Å². The molecule has 1 amide bonds. The van der Waals surface area contributed by atoms with E-state index in [0.29, 0.717) is 11.4 Å². The van der Waals surface area contributed by atoms with E-state index in [0.717, 1.165) is 36.9 Å². The van der Waals surface area contributed by atoms with Gasteiger partial charge in [-0.25, -0.2) is 13.9 Å². The Kier molecular flexibility index (Phi) is 4.66. The monoisotopic (exact) mass is 387 g/mol. The molecule has 1 saturated heterocycles. The van der Waals surface area contributed by atoms with Crippen molar-refractivity contribution in [1.29, 1.82) is 0 Å². The van der Waals surface area contributed by atoms with Crippen LogP contribution in [0.4, 0.5) is 4.39 Å². The SMILES string of the molecule is O=C(c1nn(-c2cccc(F)c2)c2c1CCCC2)N1CCC(O)(C(=O)O)CC1. The lowest BCUT2D eigenvalue weighted by molar-refractivity contribution is -0.162. The summed E-state index contributed by atoms with van der Waals surface area (Å²) in [6, 6.07) is 6.13. The van der Waals surface area contributed by atoms with Crippen LogP contribution in [0.1, 0.15) is 47.4 Å². The summed E-state index contributed by atoms with van der Waals surface area (Å²) in [5.41, 5.74) is 0.964. The molecule has 1 fully saturated rings. The maximum absolute atomic E-state index is 13.7. The van der Waals surface area contributed by atoms with Gasteiger partial charge >= 0.3 is 5.97 Å². The van der Waals surface area contributed by atoms with Crippen molar-refractivity contribution in [3.05, 3.63) is 47.0 Å². The number of halogens is 1. The summed E-state index contributed by atoms with van der Waals surface area (Å²) < 4.78 is 15.3. The summed E-state index contributed by atoms with van der Waals surface area (Å²) in [6.45, 7) is 0.312. The molecule has 2 aliphatic rings. The number of carbonyl (C=O) groups excluding carboxylic acids is 1. The van der Waals surface area contributed by atoms with Gasteiger partial charge < -0.3 is 15.1 Å². The van der Waals surface area contributed by atoms with E-state index in [2.05, 4.69) is 5.10 Å². The van der Waals surface area contributed by atoms with Crippen LogP contribution in [-0.2, 0) is 17.6 Å². The molecule has 0 radical (unpaired) electrons. The van der Waals surface area contributed by atoms with Crippen LogP contribution >= 0.6 is 0 Å². The molecule has 0 unspecified atom stereocenters. The maximum Gasteiger partial charge on any atom is 0.335 e. The first kappa shape index (κ1) is 18.6. The third kappa shape index (κ3) is 3.17. The molecule has 0 spiro atoms. The van der Waals surface area contributed by atoms with E-state index < -0.39 is 11.6 Å². The Morgan fingerprint density at radius 1 is 1.14 bits per heavy atom. The van der Waals surface area contributed by atoms with E-state index in [-0.39, 0.29) is 37.7 Å². The second kappa shape index (κ2) is 7.01. The number of benzene rings is 1. The average Bonchev–Trinajstić information content (AvgIpc) is 3.08. The summed E-state index contributed by atoms with van der Waals surface area (Å²) in [6.07, 6.45) is 3.42. The Labute approximate surface area is 161 Å². The molecule has 1 aromatic heterocycles. The van der Waals surface area contributed by atoms with Gasteiger partial charge in [-0.15, -0.1) is 0 Å². The molecule has 0 bridgehead atoms. The van der Waals surface area contributed by atoms with E-state index in [4.69, 9.17) is 5.11 Å². The third-order valence-electron chi connectivity index (χ3n) is 5.71. The molecule has 2 aromatic rings. The number of piperidine rings is 1. The molecule has 148 valence electrons. The predicted molar refractivity (Wildman–Crippen MR) is 97.9 cm³/mol. The van der Waals surface area contributed by atoms with Gasteiger partial charge in [-0.3, -0.25) is 4.79 Å². The van der Waals surface area contributed by atoms with Crippen molar-refractivity contribution in [3.8, 4) is 5.69 Å². The van der Waals surface area contributed by atoms with Gasteiger partial charge in [0.15, 0.2) is 11.3 Å². The summed E-state index contributed by atoms with van der Waals surface area (Å²) in [5, 5.41) is 23.8. The number of hydrogen-bond acceptors (Lipinski definition) is 4. The topological polar surface area (TPSA) is 95.7 Å². The normalized spacial score (nSPS) is 18.6. The average molecular weight is 387 g/mol. The van der Waals surface area contributed by atoms with Gasteiger partial charge in [0.25, 0.3) is 5.91 Å². The van der Waals surface area contributed by atoms with Crippen LogP contribution in [-0.4, -0.2) is 55.5 Å². The summed E-state index contributed by atoms with van der Waals surface area (Å²) in [7, 11) is 0. The summed E-state index contributed by atoms with van der Waals surface area (Å²) >= 11 is 0. The third-order valence-corrected chi connectivity index (χ3v) is 5.71. The molecule has 4 rings (SSSR count). The van der Waals surface area contributed by atoms with Crippen molar-refractivity contribution in [2.45, 2.75) is 44.1 Å². The van der Waals surface area contributed by atoms with Crippen LogP contribution in [0.3, 0.4) is 0 Å². The Bertz CT molecular complexity index is 932. The second-order valence-corrected chi connectivity index (χ2v) is 7.50. The van der Waals surface area contributed by atoms with Crippen LogP contribution in [0.15, 0.2) is 24.3 Å². The lowest BCUT2D eigenvalue weighted by Gasteiger charge is -2.35. The smallest absolute Gasteiger partial charge is 0.335 e. The fraction of sp³-hybridized carbons (Fsp3) is 0.450. The number of aliphatic carboxylic acids is 1. The molecule has 1 aromatic carbocycles. The van der Waals surface area contributed by atoms with Gasteiger partial charge in [0, 0.05) is 37.2 Å². The largest absolute Gasteiger partial charge is 0.479 e. The molecule has 2 heterocycles. The Morgan fingerprint density at radius 2 is 1.86 bits per heavy atom. The number of nitrogens with zero attached hydrogens (tertiary/aromatic N) is 3. The highest BCUT2D eigenvalue weighted by Gasteiger charge is 2.41. The molecule has 1 aliphatic carbocycles. The van der Waals surface area contributed by atoms with Crippen LogP contribution in [0.2, 0.25) is 0 Å². The van der Waals surface area contributed by atoms with E-state index in [9.17, 15) is 19.1 Å². The van der Waals surface area contributed by atoms with Crippen LogP contribution in [0.25, 0.3) is 5.69 Å². The summed E-state index contributed by atoms with van der Waals surface area (Å²) in [4.78, 5) is 25.9. The highest BCUT2D eigenvalue weighted by Crippen LogP contribution is 2.29. The number of carboxylic acids is 1. The first-order valence-electron chi connectivity index (χ1n) is 9.51. The molecule has 7 nitrogen and oxygen atoms in total. The fourth-order valence-corrected chi connectivity index (χ4v) is 4.04. The van der Waals surface area contributed by atoms with Gasteiger partial charge in [-0.05, 0) is 43.9 Å². The minimum atomic E-state index is -1.78. The van der Waals surface area contributed by atoms with E-state index in [1.807, 2.05) is 0 Å². The minimum Gasteiger partial charge on any atom is -0.479 e. The molecule has 8 heteroatoms. The van der Waals surface area contributed by atoms with Gasteiger partial charge in [-0.2, -0.15) is 5.10 Å². The number of carbonyl (C=O) groups is 2. The number of amides is 1. The van der Waals surface area contributed by atoms with E-state index in [1.54, 1.807) is 21.7 Å². The molecular weight excluding hydrogens is 365 g/mol. The summed E-state index contributed by atoms with van der Waals surface area (Å²) in [5.74, 6) is -1.89. The van der Waals surface area contributed by atoms with Gasteiger partial charge in [-0.1, -0.05) is 6.07 Å². The highest BCUT2D eigenvalue weighted by atomic mass is 19.1. The Morgan fingerprint density at radius 3 is 2.54 bits per heavy atom. The van der Waals surface area contributed by atoms with Crippen molar-refractivity contribution in [2.24, 2.45) is 0 Å². The molecule has 0 saturated carbocycles. The van der Waals surface area contributed by atoms with Gasteiger partial charge in [0.2, 0.25) is 0 Å². The minimum absolute atomic E-state index is 0.0130. The van der Waals surface area contributed by atoms with Crippen LogP contribution in [0, 0.1) is 5.82 Å². The first-order valence-corrected chi connectivity index (χ1v) is 9.51. The van der Waals surface area contributed by atoms with Crippen molar-refractivity contribution >= 4 is 11.9 Å². The number of rotatable bonds is 3. The highest BCUT2D eigenvalue weighted by molar-refractivity contribution is 5.94. The zero-order valence-electron chi connectivity index (χ0n) is 15.4. The zero-order chi connectivity index (χ0) is 19.9. The fourth-order valence-electron chi connectivity index (χ4n) is 4.04. The Balaban J connectivity index is 1.65. The van der Waals surface area contributed by atoms with Crippen molar-refractivity contribution < 1.29 is 24.2 Å². The number of carboxylic acid groups (broad SMARTS) is 1. The number of fused-ring (bicyclic) bond motifs is 1. The molecule has 1 aliphatic heterocycles. The number of likely N-dealkylation sites (tertiary alicyclic amines) is 1. The predicted octanol–water partition coefficient (Wildman–Crippen LogP) is 1.94. The van der Waals surface area contributed by atoms with Crippen molar-refractivity contribution in [2.75, 3.05) is 13.1 Å². The van der Waals surface area contributed by atoms with E-state index >= 15 is 0 Å². The molecule has 28 heavy (non-hydrogen) atoms.